The summed E-state index contributed by atoms with van der Waals surface area (Å²) >= 11 is 3.32. The Morgan fingerprint density at radius 3 is 2.10 bits per heavy atom. The Balaban J connectivity index is 1.50. The molecule has 2 aromatic rings. The minimum absolute atomic E-state index is 0.0974. The first-order chi connectivity index (χ1) is 14.8. The van der Waals surface area contributed by atoms with E-state index in [0.717, 1.165) is 28.9 Å². The van der Waals surface area contributed by atoms with Gasteiger partial charge < -0.3 is 10.2 Å². The Morgan fingerprint density at radius 1 is 0.968 bits per heavy atom. The average molecular weight is 509 g/mol. The predicted molar refractivity (Wildman–Crippen MR) is 128 cm³/mol. The van der Waals surface area contributed by atoms with Gasteiger partial charge in [0.1, 0.15) is 0 Å². The van der Waals surface area contributed by atoms with Gasteiger partial charge in [-0.3, -0.25) is 9.69 Å². The van der Waals surface area contributed by atoms with E-state index in [4.69, 9.17) is 0 Å². The smallest absolute Gasteiger partial charge is 0.243 e. The van der Waals surface area contributed by atoms with Crippen LogP contribution in [-0.2, 0) is 14.8 Å². The molecule has 31 heavy (non-hydrogen) atoms. The van der Waals surface area contributed by atoms with Crippen molar-refractivity contribution < 1.29 is 13.2 Å². The lowest BCUT2D eigenvalue weighted by Gasteiger charge is -2.33. The molecule has 3 rings (SSSR count). The molecular formula is C22H29BrN4O3S. The number of carbonyl (C=O) groups excluding carboxylic acids is 1. The maximum absolute atomic E-state index is 12.8. The van der Waals surface area contributed by atoms with Crippen LogP contribution in [0.5, 0.6) is 0 Å². The van der Waals surface area contributed by atoms with Gasteiger partial charge in [0.15, 0.2) is 0 Å². The number of amides is 1. The van der Waals surface area contributed by atoms with Crippen LogP contribution in [0.1, 0.15) is 13.8 Å². The van der Waals surface area contributed by atoms with Crippen LogP contribution in [0.3, 0.4) is 0 Å². The van der Waals surface area contributed by atoms with Crippen molar-refractivity contribution in [2.45, 2.75) is 18.7 Å². The van der Waals surface area contributed by atoms with Crippen molar-refractivity contribution in [3.63, 3.8) is 0 Å². The number of halogens is 1. The van der Waals surface area contributed by atoms with Gasteiger partial charge in [-0.05, 0) is 62.4 Å². The van der Waals surface area contributed by atoms with Gasteiger partial charge in [0, 0.05) is 55.1 Å². The van der Waals surface area contributed by atoms with E-state index < -0.39 is 10.0 Å². The van der Waals surface area contributed by atoms with Crippen LogP contribution in [0.2, 0.25) is 0 Å². The highest BCUT2D eigenvalue weighted by molar-refractivity contribution is 9.10. The average Bonchev–Trinajstić information content (AvgIpc) is 2.76. The molecule has 1 fully saturated rings. The largest absolute Gasteiger partial charge is 0.372 e. The molecule has 0 radical (unpaired) electrons. The summed E-state index contributed by atoms with van der Waals surface area (Å²) in [6.07, 6.45) is 0. The number of sulfonamides is 1. The van der Waals surface area contributed by atoms with Crippen LogP contribution >= 0.6 is 15.9 Å². The molecule has 0 atom stereocenters. The van der Waals surface area contributed by atoms with Gasteiger partial charge in [-0.25, -0.2) is 8.42 Å². The van der Waals surface area contributed by atoms with Crippen molar-refractivity contribution in [1.82, 2.24) is 9.21 Å². The lowest BCUT2D eigenvalue weighted by Crippen LogP contribution is -2.50. The van der Waals surface area contributed by atoms with Crippen molar-refractivity contribution in [3.05, 3.63) is 53.0 Å². The molecule has 1 N–H and O–H groups in total. The highest BCUT2D eigenvalue weighted by Gasteiger charge is 2.29. The molecule has 0 unspecified atom stereocenters. The van der Waals surface area contributed by atoms with Crippen LogP contribution in [-0.4, -0.2) is 69.3 Å². The number of hydrogen-bond donors (Lipinski definition) is 1. The molecule has 7 nitrogen and oxygen atoms in total. The van der Waals surface area contributed by atoms with Crippen LogP contribution < -0.4 is 10.2 Å². The second-order valence-corrected chi connectivity index (χ2v) is 10.3. The van der Waals surface area contributed by atoms with E-state index in [0.29, 0.717) is 26.2 Å². The number of carbonyl (C=O) groups is 1. The lowest BCUT2D eigenvalue weighted by molar-refractivity contribution is -0.117. The quantitative estimate of drug-likeness (QED) is 0.592. The van der Waals surface area contributed by atoms with Gasteiger partial charge in [0.25, 0.3) is 0 Å². The predicted octanol–water partition coefficient (Wildman–Crippen LogP) is 3.24. The number of rotatable bonds is 8. The normalized spacial score (nSPS) is 15.6. The summed E-state index contributed by atoms with van der Waals surface area (Å²) in [5.74, 6) is -0.0974. The van der Waals surface area contributed by atoms with E-state index in [1.165, 1.54) is 4.31 Å². The first kappa shape index (κ1) is 23.7. The highest BCUT2D eigenvalue weighted by atomic mass is 79.9. The Morgan fingerprint density at radius 2 is 1.55 bits per heavy atom. The van der Waals surface area contributed by atoms with Crippen LogP contribution in [0.15, 0.2) is 57.9 Å². The number of anilines is 2. The second kappa shape index (κ2) is 10.6. The first-order valence-electron chi connectivity index (χ1n) is 10.5. The lowest BCUT2D eigenvalue weighted by atomic mass is 10.2. The Kier molecular flexibility index (Phi) is 8.10. The number of nitrogens with one attached hydrogen (secondary N) is 1. The van der Waals surface area contributed by atoms with E-state index in [9.17, 15) is 13.2 Å². The molecule has 2 aromatic carbocycles. The van der Waals surface area contributed by atoms with Crippen molar-refractivity contribution in [1.29, 1.82) is 0 Å². The summed E-state index contributed by atoms with van der Waals surface area (Å²) < 4.78 is 27.9. The van der Waals surface area contributed by atoms with E-state index in [2.05, 4.69) is 40.0 Å². The van der Waals surface area contributed by atoms with Crippen LogP contribution in [0.25, 0.3) is 0 Å². The van der Waals surface area contributed by atoms with Crippen molar-refractivity contribution in [2.75, 3.05) is 56.0 Å². The molecule has 1 aliphatic heterocycles. The third-order valence-corrected chi connectivity index (χ3v) is 7.87. The minimum atomic E-state index is -3.51. The molecule has 0 spiro atoms. The van der Waals surface area contributed by atoms with Gasteiger partial charge in [-0.15, -0.1) is 0 Å². The monoisotopic (exact) mass is 508 g/mol. The molecule has 1 aliphatic rings. The Hall–Kier alpha value is -1.94. The Bertz CT molecular complexity index is 969. The third-order valence-electron chi connectivity index (χ3n) is 5.43. The third kappa shape index (κ3) is 6.06. The van der Waals surface area contributed by atoms with Gasteiger partial charge in [0.05, 0.1) is 11.4 Å². The zero-order valence-corrected chi connectivity index (χ0v) is 20.3. The number of benzene rings is 2. The zero-order chi connectivity index (χ0) is 22.4. The molecule has 168 valence electrons. The minimum Gasteiger partial charge on any atom is -0.372 e. The molecule has 0 saturated carbocycles. The summed E-state index contributed by atoms with van der Waals surface area (Å²) in [4.78, 5) is 17.0. The topological polar surface area (TPSA) is 73.0 Å². The van der Waals surface area contributed by atoms with E-state index in [-0.39, 0.29) is 17.3 Å². The standard InChI is InChI=1S/C22H29BrN4O3S/c1-3-26(4-2)20-9-7-19(8-10-20)24-22(28)17-25-13-15-27(16-14-25)31(29,30)21-11-5-18(23)6-12-21/h5-12H,3-4,13-17H2,1-2H3,(H,24,28). The fraction of sp³-hybridized carbons (Fsp3) is 0.409. The molecule has 0 aromatic heterocycles. The second-order valence-electron chi connectivity index (χ2n) is 7.40. The fourth-order valence-corrected chi connectivity index (χ4v) is 5.32. The van der Waals surface area contributed by atoms with E-state index >= 15 is 0 Å². The molecule has 0 aliphatic carbocycles. The highest BCUT2D eigenvalue weighted by Crippen LogP contribution is 2.21. The summed E-state index contributed by atoms with van der Waals surface area (Å²) in [6.45, 7) is 8.11. The van der Waals surface area contributed by atoms with Gasteiger partial charge in [-0.2, -0.15) is 4.31 Å². The molecular weight excluding hydrogens is 480 g/mol. The van der Waals surface area contributed by atoms with E-state index in [1.807, 2.05) is 29.2 Å². The summed E-state index contributed by atoms with van der Waals surface area (Å²) in [7, 11) is -3.51. The summed E-state index contributed by atoms with van der Waals surface area (Å²) in [6, 6.07) is 14.5. The molecule has 0 bridgehead atoms. The van der Waals surface area contributed by atoms with Crippen LogP contribution in [0, 0.1) is 0 Å². The maximum atomic E-state index is 12.8. The molecule has 1 heterocycles. The zero-order valence-electron chi connectivity index (χ0n) is 17.9. The fourth-order valence-electron chi connectivity index (χ4n) is 3.63. The van der Waals surface area contributed by atoms with Crippen molar-refractivity contribution >= 4 is 43.2 Å². The number of nitrogens with zero attached hydrogens (tertiary/aromatic N) is 3. The maximum Gasteiger partial charge on any atom is 0.243 e. The summed E-state index contributed by atoms with van der Waals surface area (Å²) in [5, 5.41) is 2.93. The van der Waals surface area contributed by atoms with Crippen LogP contribution in [0.4, 0.5) is 11.4 Å². The number of hydrogen-bond acceptors (Lipinski definition) is 5. The van der Waals surface area contributed by atoms with Gasteiger partial charge in [0.2, 0.25) is 15.9 Å². The van der Waals surface area contributed by atoms with Gasteiger partial charge in [-0.1, -0.05) is 15.9 Å². The molecule has 9 heteroatoms. The first-order valence-corrected chi connectivity index (χ1v) is 12.7. The molecule has 1 saturated heterocycles. The SMILES string of the molecule is CCN(CC)c1ccc(NC(=O)CN2CCN(S(=O)(=O)c3ccc(Br)cc3)CC2)cc1. The van der Waals surface area contributed by atoms with Gasteiger partial charge >= 0.3 is 0 Å². The van der Waals surface area contributed by atoms with E-state index in [1.54, 1.807) is 24.3 Å². The Labute approximate surface area is 193 Å². The van der Waals surface area contributed by atoms with Crippen molar-refractivity contribution in [2.24, 2.45) is 0 Å². The molecule has 1 amide bonds. The number of piperazine rings is 1. The van der Waals surface area contributed by atoms with Crippen molar-refractivity contribution in [3.8, 4) is 0 Å². The summed E-state index contributed by atoms with van der Waals surface area (Å²) in [5.41, 5.74) is 1.89.